The molecule has 0 saturated carbocycles. The quantitative estimate of drug-likeness (QED) is 0.0691. The molecule has 1 amide bonds. The van der Waals surface area contributed by atoms with E-state index in [4.69, 9.17) is 0 Å². The molecule has 2 unspecified atom stereocenters. The Morgan fingerprint density at radius 3 is 1.02 bits per heavy atom. The van der Waals surface area contributed by atoms with Crippen LogP contribution in [0.15, 0.2) is 0 Å². The zero-order chi connectivity index (χ0) is 29.4. The lowest BCUT2D eigenvalue weighted by molar-refractivity contribution is -0.122. The Balaban J connectivity index is 3.20. The molecule has 0 aliphatic heterocycles. The van der Waals surface area contributed by atoms with Gasteiger partial charge in [0.15, 0.2) is 0 Å². The number of hydrogen-bond acceptors (Lipinski definition) is 3. The summed E-state index contributed by atoms with van der Waals surface area (Å²) in [5.41, 5.74) is 0. The van der Waals surface area contributed by atoms with Gasteiger partial charge in [0.1, 0.15) is 0 Å². The number of hydrogen-bond donors (Lipinski definition) is 3. The normalized spacial score (nSPS) is 13.0. The Morgan fingerprint density at radius 1 is 0.500 bits per heavy atom. The average Bonchev–Trinajstić information content (AvgIpc) is 2.96. The minimum Gasteiger partial charge on any atom is -0.394 e. The SMILES string of the molecule is CCCCCCCCCCCCCCCCCCCCCCCCCCCCCCC(O)C(CO)NC(=O)CC. The Morgan fingerprint density at radius 2 is 0.775 bits per heavy atom. The Labute approximate surface area is 251 Å². The van der Waals surface area contributed by atoms with Crippen molar-refractivity contribution in [3.8, 4) is 0 Å². The van der Waals surface area contributed by atoms with Gasteiger partial charge in [-0.05, 0) is 6.42 Å². The predicted octanol–water partition coefficient (Wildman–Crippen LogP) is 10.6. The van der Waals surface area contributed by atoms with Gasteiger partial charge < -0.3 is 15.5 Å². The second-order valence-electron chi connectivity index (χ2n) is 12.6. The first kappa shape index (κ1) is 39.4. The minimum atomic E-state index is -0.649. The van der Waals surface area contributed by atoms with E-state index in [0.717, 1.165) is 12.8 Å². The van der Waals surface area contributed by atoms with Gasteiger partial charge in [0.05, 0.1) is 18.8 Å². The molecule has 0 fully saturated rings. The van der Waals surface area contributed by atoms with E-state index in [1.54, 1.807) is 6.92 Å². The third-order valence-corrected chi connectivity index (χ3v) is 8.68. The maximum Gasteiger partial charge on any atom is 0.220 e. The van der Waals surface area contributed by atoms with E-state index in [2.05, 4.69) is 12.2 Å². The molecule has 0 aromatic heterocycles. The summed E-state index contributed by atoms with van der Waals surface area (Å²) in [5, 5.41) is 22.2. The summed E-state index contributed by atoms with van der Waals surface area (Å²) in [7, 11) is 0. The van der Waals surface area contributed by atoms with Gasteiger partial charge in [-0.1, -0.05) is 194 Å². The minimum absolute atomic E-state index is 0.117. The van der Waals surface area contributed by atoms with E-state index >= 15 is 0 Å². The fourth-order valence-electron chi connectivity index (χ4n) is 5.80. The van der Waals surface area contributed by atoms with Crippen molar-refractivity contribution in [2.75, 3.05) is 6.61 Å². The molecular formula is C36H73NO3. The largest absolute Gasteiger partial charge is 0.394 e. The predicted molar refractivity (Wildman–Crippen MR) is 175 cm³/mol. The number of nitrogens with one attached hydrogen (secondary N) is 1. The Kier molecular flexibility index (Phi) is 32.4. The second kappa shape index (κ2) is 32.9. The Bertz CT molecular complexity index is 498. The van der Waals surface area contributed by atoms with Crippen LogP contribution in [0.1, 0.15) is 206 Å². The van der Waals surface area contributed by atoms with Crippen molar-refractivity contribution in [3.63, 3.8) is 0 Å². The van der Waals surface area contributed by atoms with Gasteiger partial charge in [-0.2, -0.15) is 0 Å². The maximum atomic E-state index is 11.5. The van der Waals surface area contributed by atoms with E-state index in [1.165, 1.54) is 167 Å². The molecule has 0 radical (unpaired) electrons. The molecule has 0 saturated heterocycles. The average molecular weight is 568 g/mol. The smallest absolute Gasteiger partial charge is 0.220 e. The highest BCUT2D eigenvalue weighted by molar-refractivity contribution is 5.75. The number of carbonyl (C=O) groups is 1. The van der Waals surface area contributed by atoms with Crippen LogP contribution >= 0.6 is 0 Å². The lowest BCUT2D eigenvalue weighted by Crippen LogP contribution is -2.45. The monoisotopic (exact) mass is 568 g/mol. The first-order valence-electron chi connectivity index (χ1n) is 18.2. The van der Waals surface area contributed by atoms with E-state index < -0.39 is 12.1 Å². The molecular weight excluding hydrogens is 494 g/mol. The van der Waals surface area contributed by atoms with Crippen LogP contribution in [0.3, 0.4) is 0 Å². The Hall–Kier alpha value is -0.610. The lowest BCUT2D eigenvalue weighted by Gasteiger charge is -2.22. The van der Waals surface area contributed by atoms with Gasteiger partial charge in [-0.3, -0.25) is 4.79 Å². The van der Waals surface area contributed by atoms with Crippen LogP contribution in [0.25, 0.3) is 0 Å². The molecule has 0 aromatic carbocycles. The van der Waals surface area contributed by atoms with Crippen molar-refractivity contribution in [2.24, 2.45) is 0 Å². The molecule has 0 aliphatic carbocycles. The van der Waals surface area contributed by atoms with Crippen molar-refractivity contribution >= 4 is 5.91 Å². The molecule has 240 valence electrons. The van der Waals surface area contributed by atoms with Crippen molar-refractivity contribution in [3.05, 3.63) is 0 Å². The van der Waals surface area contributed by atoms with E-state index in [-0.39, 0.29) is 12.5 Å². The molecule has 2 atom stereocenters. The fourth-order valence-corrected chi connectivity index (χ4v) is 5.80. The zero-order valence-electron chi connectivity index (χ0n) is 27.4. The summed E-state index contributed by atoms with van der Waals surface area (Å²) in [4.78, 5) is 11.5. The maximum absolute atomic E-state index is 11.5. The number of aliphatic hydroxyl groups excluding tert-OH is 2. The van der Waals surface area contributed by atoms with Crippen molar-refractivity contribution in [2.45, 2.75) is 219 Å². The van der Waals surface area contributed by atoms with Crippen molar-refractivity contribution < 1.29 is 15.0 Å². The molecule has 0 heterocycles. The van der Waals surface area contributed by atoms with Crippen LogP contribution < -0.4 is 5.32 Å². The molecule has 4 nitrogen and oxygen atoms in total. The molecule has 0 aliphatic rings. The number of amides is 1. The standard InChI is InChI=1S/C36H73NO3/c1-3-5-6-7-8-9-10-11-12-13-14-15-16-17-18-19-20-21-22-23-24-25-26-27-28-29-30-31-32-35(39)34(33-38)37-36(40)4-2/h34-35,38-39H,3-33H2,1-2H3,(H,37,40). The summed E-state index contributed by atoms with van der Waals surface area (Å²) >= 11 is 0. The third-order valence-electron chi connectivity index (χ3n) is 8.68. The number of carbonyl (C=O) groups excluding carboxylic acids is 1. The lowest BCUT2D eigenvalue weighted by atomic mass is 10.0. The summed E-state index contributed by atoms with van der Waals surface area (Å²) in [6, 6.07) is -0.527. The van der Waals surface area contributed by atoms with Crippen LogP contribution in [0, 0.1) is 0 Å². The molecule has 0 rings (SSSR count). The van der Waals surface area contributed by atoms with Crippen LogP contribution in [-0.2, 0) is 4.79 Å². The summed E-state index contributed by atoms with van der Waals surface area (Å²) < 4.78 is 0. The first-order valence-corrected chi connectivity index (χ1v) is 18.2. The van der Waals surface area contributed by atoms with Crippen LogP contribution in [0.5, 0.6) is 0 Å². The van der Waals surface area contributed by atoms with Gasteiger partial charge in [-0.25, -0.2) is 0 Å². The van der Waals surface area contributed by atoms with Gasteiger partial charge in [0.25, 0.3) is 0 Å². The number of rotatable bonds is 33. The zero-order valence-corrected chi connectivity index (χ0v) is 27.4. The van der Waals surface area contributed by atoms with Gasteiger partial charge in [0.2, 0.25) is 5.91 Å². The van der Waals surface area contributed by atoms with Gasteiger partial charge in [-0.15, -0.1) is 0 Å². The summed E-state index contributed by atoms with van der Waals surface area (Å²) in [5.74, 6) is -0.117. The highest BCUT2D eigenvalue weighted by Crippen LogP contribution is 2.16. The topological polar surface area (TPSA) is 69.6 Å². The first-order chi connectivity index (χ1) is 19.7. The molecule has 4 heteroatoms. The van der Waals surface area contributed by atoms with E-state index in [9.17, 15) is 15.0 Å². The molecule has 0 aromatic rings. The van der Waals surface area contributed by atoms with Gasteiger partial charge in [0, 0.05) is 6.42 Å². The summed E-state index contributed by atoms with van der Waals surface area (Å²) in [6.45, 7) is 3.87. The highest BCUT2D eigenvalue weighted by atomic mass is 16.3. The molecule has 0 spiro atoms. The van der Waals surface area contributed by atoms with Crippen molar-refractivity contribution in [1.29, 1.82) is 0 Å². The van der Waals surface area contributed by atoms with Crippen LogP contribution in [0.4, 0.5) is 0 Å². The third kappa shape index (κ3) is 28.9. The number of aliphatic hydroxyl groups is 2. The van der Waals surface area contributed by atoms with Gasteiger partial charge >= 0.3 is 0 Å². The van der Waals surface area contributed by atoms with E-state index in [0.29, 0.717) is 12.8 Å². The molecule has 0 bridgehead atoms. The second-order valence-corrected chi connectivity index (χ2v) is 12.6. The van der Waals surface area contributed by atoms with Crippen molar-refractivity contribution in [1.82, 2.24) is 5.32 Å². The van der Waals surface area contributed by atoms with Crippen LogP contribution in [0.2, 0.25) is 0 Å². The van der Waals surface area contributed by atoms with Crippen LogP contribution in [-0.4, -0.2) is 34.9 Å². The van der Waals surface area contributed by atoms with E-state index in [1.807, 2.05) is 0 Å². The number of unbranched alkanes of at least 4 members (excludes halogenated alkanes) is 27. The molecule has 3 N–H and O–H groups in total. The highest BCUT2D eigenvalue weighted by Gasteiger charge is 2.19. The molecule has 40 heavy (non-hydrogen) atoms. The fraction of sp³-hybridized carbons (Fsp3) is 0.972. The summed E-state index contributed by atoms with van der Waals surface area (Å²) in [6.07, 6.45) is 39.4.